The number of carbonyl (C=O) groups is 2. The van der Waals surface area contributed by atoms with E-state index in [-0.39, 0.29) is 18.2 Å². The van der Waals surface area contributed by atoms with Crippen molar-refractivity contribution in [2.24, 2.45) is 0 Å². The van der Waals surface area contributed by atoms with Crippen molar-refractivity contribution in [3.8, 4) is 5.75 Å². The van der Waals surface area contributed by atoms with E-state index in [4.69, 9.17) is 21.1 Å². The number of amides is 1. The van der Waals surface area contributed by atoms with E-state index in [0.717, 1.165) is 5.56 Å². The number of anilines is 1. The molecular weight excluding hydrogens is 406 g/mol. The molecular formula is C22H22ClN3O4. The van der Waals surface area contributed by atoms with Crippen molar-refractivity contribution in [1.29, 1.82) is 0 Å². The molecule has 3 rings (SSSR count). The predicted molar refractivity (Wildman–Crippen MR) is 114 cm³/mol. The fourth-order valence-corrected chi connectivity index (χ4v) is 2.84. The number of aromatic nitrogens is 2. The van der Waals surface area contributed by atoms with Crippen LogP contribution in [0.25, 0.3) is 0 Å². The minimum absolute atomic E-state index is 0.0857. The summed E-state index contributed by atoms with van der Waals surface area (Å²) in [6.07, 6.45) is 1.59. The van der Waals surface area contributed by atoms with Gasteiger partial charge in [0.05, 0.1) is 6.20 Å². The first kappa shape index (κ1) is 21.4. The Balaban J connectivity index is 1.58. The molecule has 0 spiro atoms. The van der Waals surface area contributed by atoms with Crippen LogP contribution in [-0.4, -0.2) is 28.3 Å². The van der Waals surface area contributed by atoms with Crippen molar-refractivity contribution < 1.29 is 19.1 Å². The summed E-state index contributed by atoms with van der Waals surface area (Å²) in [5.41, 5.74) is 1.15. The molecule has 1 heterocycles. The Kier molecular flexibility index (Phi) is 7.08. The molecule has 0 unspecified atom stereocenters. The van der Waals surface area contributed by atoms with Crippen LogP contribution in [0.15, 0.2) is 60.8 Å². The Morgan fingerprint density at radius 2 is 1.83 bits per heavy atom. The molecule has 1 aromatic heterocycles. The zero-order valence-electron chi connectivity index (χ0n) is 16.7. The van der Waals surface area contributed by atoms with Crippen molar-refractivity contribution in [2.45, 2.75) is 26.5 Å². The quantitative estimate of drug-likeness (QED) is 0.535. The molecule has 8 heteroatoms. The molecule has 0 bridgehead atoms. The molecule has 1 amide bonds. The van der Waals surface area contributed by atoms with Gasteiger partial charge in [-0.2, -0.15) is 5.10 Å². The highest BCUT2D eigenvalue weighted by Crippen LogP contribution is 2.21. The zero-order chi connectivity index (χ0) is 21.5. The molecule has 7 nitrogen and oxygen atoms in total. The largest absolute Gasteiger partial charge is 0.488 e. The van der Waals surface area contributed by atoms with E-state index >= 15 is 0 Å². The molecule has 2 aromatic carbocycles. The minimum atomic E-state index is -0.644. The molecule has 0 fully saturated rings. The lowest BCUT2D eigenvalue weighted by molar-refractivity contribution is -0.119. The molecule has 0 aliphatic rings. The molecule has 1 N–H and O–H groups in total. The molecule has 156 valence electrons. The number of rotatable bonds is 8. The maximum atomic E-state index is 12.5. The molecule has 3 aromatic rings. The second-order valence-electron chi connectivity index (χ2n) is 6.79. The van der Waals surface area contributed by atoms with Crippen LogP contribution in [0.1, 0.15) is 35.8 Å². The van der Waals surface area contributed by atoms with Crippen LogP contribution < -0.4 is 10.1 Å². The third-order valence-electron chi connectivity index (χ3n) is 4.18. The molecule has 0 saturated carbocycles. The van der Waals surface area contributed by atoms with Crippen molar-refractivity contribution in [3.05, 3.63) is 76.9 Å². The average Bonchev–Trinajstić information content (AvgIpc) is 3.20. The highest BCUT2D eigenvalue weighted by Gasteiger charge is 2.16. The second kappa shape index (κ2) is 9.93. The summed E-state index contributed by atoms with van der Waals surface area (Å²) in [4.78, 5) is 24.7. The first-order chi connectivity index (χ1) is 14.4. The Bertz CT molecular complexity index is 1020. The van der Waals surface area contributed by atoms with Gasteiger partial charge in [0.15, 0.2) is 6.61 Å². The average molecular weight is 428 g/mol. The van der Waals surface area contributed by atoms with Crippen LogP contribution >= 0.6 is 11.6 Å². The number of nitrogens with zero attached hydrogens (tertiary/aromatic N) is 2. The van der Waals surface area contributed by atoms with Gasteiger partial charge in [-0.25, -0.2) is 9.48 Å². The van der Waals surface area contributed by atoms with E-state index < -0.39 is 18.5 Å². The normalized spacial score (nSPS) is 10.7. The van der Waals surface area contributed by atoms with Crippen LogP contribution in [0.2, 0.25) is 5.02 Å². The third-order valence-corrected chi connectivity index (χ3v) is 4.43. The van der Waals surface area contributed by atoms with Gasteiger partial charge < -0.3 is 14.8 Å². The smallest absolute Gasteiger partial charge is 0.342 e. The third kappa shape index (κ3) is 5.61. The van der Waals surface area contributed by atoms with E-state index in [2.05, 4.69) is 10.4 Å². The van der Waals surface area contributed by atoms with E-state index in [0.29, 0.717) is 16.6 Å². The van der Waals surface area contributed by atoms with Gasteiger partial charge in [-0.05, 0) is 43.7 Å². The molecule has 0 aliphatic carbocycles. The number of carbonyl (C=O) groups excluding carboxylic acids is 2. The lowest BCUT2D eigenvalue weighted by Crippen LogP contribution is -2.23. The van der Waals surface area contributed by atoms with Gasteiger partial charge >= 0.3 is 5.97 Å². The maximum Gasteiger partial charge on any atom is 0.342 e. The van der Waals surface area contributed by atoms with Crippen LogP contribution in [0.4, 0.5) is 5.82 Å². The predicted octanol–water partition coefficient (Wildman–Crippen LogP) is 4.49. The molecule has 0 saturated heterocycles. The Morgan fingerprint density at radius 3 is 2.57 bits per heavy atom. The van der Waals surface area contributed by atoms with Crippen LogP contribution in [0.5, 0.6) is 5.75 Å². The standard InChI is InChI=1S/C22H22ClN3O4/c1-15(2)26-20(11-12-24-26)25-21(27)14-30-22(28)18-5-3-4-6-19(18)29-13-16-7-9-17(23)10-8-16/h3-12,15H,13-14H2,1-2H3,(H,25,27). The molecule has 30 heavy (non-hydrogen) atoms. The number of nitrogens with one attached hydrogen (secondary N) is 1. The molecule has 0 radical (unpaired) electrons. The Labute approximate surface area is 179 Å². The first-order valence-corrected chi connectivity index (χ1v) is 9.78. The lowest BCUT2D eigenvalue weighted by Gasteiger charge is -2.13. The number of hydrogen-bond acceptors (Lipinski definition) is 5. The van der Waals surface area contributed by atoms with E-state index in [1.165, 1.54) is 0 Å². The maximum absolute atomic E-state index is 12.5. The van der Waals surface area contributed by atoms with Gasteiger partial charge in [-0.1, -0.05) is 35.9 Å². The number of esters is 1. The van der Waals surface area contributed by atoms with Crippen LogP contribution in [0.3, 0.4) is 0 Å². The van der Waals surface area contributed by atoms with Crippen molar-refractivity contribution in [2.75, 3.05) is 11.9 Å². The van der Waals surface area contributed by atoms with Crippen molar-refractivity contribution in [1.82, 2.24) is 9.78 Å². The van der Waals surface area contributed by atoms with Gasteiger partial charge in [0.2, 0.25) is 0 Å². The van der Waals surface area contributed by atoms with Crippen LogP contribution in [-0.2, 0) is 16.1 Å². The highest BCUT2D eigenvalue weighted by molar-refractivity contribution is 6.30. The summed E-state index contributed by atoms with van der Waals surface area (Å²) < 4.78 is 12.6. The van der Waals surface area contributed by atoms with Gasteiger partial charge in [-0.15, -0.1) is 0 Å². The number of halogens is 1. The van der Waals surface area contributed by atoms with Gasteiger partial charge in [-0.3, -0.25) is 4.79 Å². The van der Waals surface area contributed by atoms with Gasteiger partial charge in [0, 0.05) is 17.1 Å². The SMILES string of the molecule is CC(C)n1nccc1NC(=O)COC(=O)c1ccccc1OCc1ccc(Cl)cc1. The Morgan fingerprint density at radius 1 is 1.10 bits per heavy atom. The van der Waals surface area contributed by atoms with E-state index in [1.807, 2.05) is 26.0 Å². The number of para-hydroxylation sites is 1. The van der Waals surface area contributed by atoms with E-state index in [1.54, 1.807) is 53.3 Å². The topological polar surface area (TPSA) is 82.5 Å². The fraction of sp³-hybridized carbons (Fsp3) is 0.227. The summed E-state index contributed by atoms with van der Waals surface area (Å²) in [6, 6.07) is 15.7. The molecule has 0 aliphatic heterocycles. The van der Waals surface area contributed by atoms with Crippen molar-refractivity contribution >= 4 is 29.3 Å². The summed E-state index contributed by atoms with van der Waals surface area (Å²) >= 11 is 5.88. The molecule has 0 atom stereocenters. The Hall–Kier alpha value is -3.32. The number of hydrogen-bond donors (Lipinski definition) is 1. The van der Waals surface area contributed by atoms with Crippen molar-refractivity contribution in [3.63, 3.8) is 0 Å². The fourth-order valence-electron chi connectivity index (χ4n) is 2.72. The number of benzene rings is 2. The highest BCUT2D eigenvalue weighted by atomic mass is 35.5. The zero-order valence-corrected chi connectivity index (χ0v) is 17.4. The number of ether oxygens (including phenoxy) is 2. The lowest BCUT2D eigenvalue weighted by atomic mass is 10.2. The summed E-state index contributed by atoms with van der Waals surface area (Å²) in [6.45, 7) is 3.74. The van der Waals surface area contributed by atoms with Crippen LogP contribution in [0, 0.1) is 0 Å². The minimum Gasteiger partial charge on any atom is -0.488 e. The van der Waals surface area contributed by atoms with E-state index in [9.17, 15) is 9.59 Å². The second-order valence-corrected chi connectivity index (χ2v) is 7.23. The van der Waals surface area contributed by atoms with Gasteiger partial charge in [0.1, 0.15) is 23.7 Å². The summed E-state index contributed by atoms with van der Waals surface area (Å²) in [7, 11) is 0. The monoisotopic (exact) mass is 427 g/mol. The summed E-state index contributed by atoms with van der Waals surface area (Å²) in [5.74, 6) is -0.187. The summed E-state index contributed by atoms with van der Waals surface area (Å²) in [5, 5.41) is 7.47. The first-order valence-electron chi connectivity index (χ1n) is 9.41. The van der Waals surface area contributed by atoms with Gasteiger partial charge in [0.25, 0.3) is 5.91 Å².